The molecule has 3 aromatic carbocycles. The Hall–Kier alpha value is -5.25. The van der Waals surface area contributed by atoms with E-state index in [1.165, 1.54) is 22.9 Å². The van der Waals surface area contributed by atoms with Gasteiger partial charge in [0.2, 0.25) is 11.9 Å². The third-order valence-electron chi connectivity index (χ3n) is 6.63. The van der Waals surface area contributed by atoms with Crippen molar-refractivity contribution >= 4 is 28.9 Å². The Morgan fingerprint density at radius 2 is 1.65 bits per heavy atom. The predicted octanol–water partition coefficient (Wildman–Crippen LogP) is 3.27. The molecule has 0 unspecified atom stereocenters. The number of nitrogens with two attached hydrogens (primary N) is 1. The minimum Gasteiger partial charge on any atom is -0.478 e. The molecule has 2 aromatic heterocycles. The Labute approximate surface area is 229 Å². The Morgan fingerprint density at radius 1 is 0.900 bits per heavy atom. The third kappa shape index (κ3) is 5.60. The molecule has 5 rings (SSSR count). The quantitative estimate of drug-likeness (QED) is 0.311. The van der Waals surface area contributed by atoms with E-state index < -0.39 is 5.97 Å². The van der Waals surface area contributed by atoms with Crippen molar-refractivity contribution in [3.63, 3.8) is 0 Å². The summed E-state index contributed by atoms with van der Waals surface area (Å²) in [6.45, 7) is 0.612. The van der Waals surface area contributed by atoms with E-state index in [1.54, 1.807) is 37.2 Å². The van der Waals surface area contributed by atoms with Crippen LogP contribution in [0.2, 0.25) is 0 Å². The van der Waals surface area contributed by atoms with Gasteiger partial charge in [0.05, 0.1) is 41.8 Å². The van der Waals surface area contributed by atoms with Crippen molar-refractivity contribution in [2.24, 2.45) is 0 Å². The smallest absolute Gasteiger partial charge is 0.335 e. The van der Waals surface area contributed by atoms with Gasteiger partial charge in [-0.1, -0.05) is 36.4 Å². The number of nitrogens with zero attached hydrogens (tertiary/aromatic N) is 5. The molecule has 0 aliphatic heterocycles. The van der Waals surface area contributed by atoms with Crippen LogP contribution in [0.1, 0.15) is 27.0 Å². The highest BCUT2D eigenvalue weighted by molar-refractivity contribution is 5.87. The SMILES string of the molecule is CN(C)C(=O)Cc1ccc2c(c1)nc(N)n2Cc1cccc(-c2ccc(=O)n(Cc3cccc(C(=O)O)c3)n2)c1. The van der Waals surface area contributed by atoms with Crippen LogP contribution in [0.5, 0.6) is 0 Å². The summed E-state index contributed by atoms with van der Waals surface area (Å²) in [4.78, 5) is 42.0. The van der Waals surface area contributed by atoms with E-state index in [1.807, 2.05) is 47.0 Å². The Balaban J connectivity index is 1.40. The minimum atomic E-state index is -1.03. The zero-order valence-corrected chi connectivity index (χ0v) is 22.1. The number of imidazole rings is 1. The van der Waals surface area contributed by atoms with Crippen molar-refractivity contribution < 1.29 is 14.7 Å². The molecule has 0 atom stereocenters. The molecule has 0 radical (unpaired) electrons. The first-order valence-electron chi connectivity index (χ1n) is 12.6. The molecule has 202 valence electrons. The second kappa shape index (κ2) is 10.9. The largest absolute Gasteiger partial charge is 0.478 e. The number of amides is 1. The number of aromatic carboxylic acids is 1. The van der Waals surface area contributed by atoms with Gasteiger partial charge in [-0.15, -0.1) is 0 Å². The maximum atomic E-state index is 12.5. The zero-order chi connectivity index (χ0) is 28.4. The van der Waals surface area contributed by atoms with Gasteiger partial charge in [-0.05, 0) is 53.1 Å². The summed E-state index contributed by atoms with van der Waals surface area (Å²) in [5.41, 5.74) is 11.6. The number of likely N-dealkylation sites (N-methyl/N-ethyl adjacent to an activating group) is 1. The van der Waals surface area contributed by atoms with E-state index in [0.717, 1.165) is 27.7 Å². The first-order chi connectivity index (χ1) is 19.2. The monoisotopic (exact) mass is 536 g/mol. The average molecular weight is 537 g/mol. The number of hydrogen-bond acceptors (Lipinski definition) is 6. The minimum absolute atomic E-state index is 0.0114. The fraction of sp³-hybridized carbons (Fsp3) is 0.167. The number of anilines is 1. The highest BCUT2D eigenvalue weighted by atomic mass is 16.4. The number of nitrogen functional groups attached to an aromatic ring is 1. The second-order valence-corrected chi connectivity index (χ2v) is 9.76. The number of carboxylic acids is 1. The number of carbonyl (C=O) groups excluding carboxylic acids is 1. The zero-order valence-electron chi connectivity index (χ0n) is 22.1. The first kappa shape index (κ1) is 26.4. The van der Waals surface area contributed by atoms with Crippen LogP contribution in [0.15, 0.2) is 83.7 Å². The molecule has 2 heterocycles. The fourth-order valence-corrected chi connectivity index (χ4v) is 4.51. The first-order valence-corrected chi connectivity index (χ1v) is 12.6. The van der Waals surface area contributed by atoms with Gasteiger partial charge in [0.1, 0.15) is 0 Å². The lowest BCUT2D eigenvalue weighted by Gasteiger charge is -2.11. The van der Waals surface area contributed by atoms with E-state index >= 15 is 0 Å². The van der Waals surface area contributed by atoms with Gasteiger partial charge < -0.3 is 20.3 Å². The van der Waals surface area contributed by atoms with Crippen LogP contribution in [-0.2, 0) is 24.3 Å². The summed E-state index contributed by atoms with van der Waals surface area (Å²) in [6.07, 6.45) is 0.290. The summed E-state index contributed by atoms with van der Waals surface area (Å²) in [7, 11) is 3.46. The van der Waals surface area contributed by atoms with Gasteiger partial charge in [-0.2, -0.15) is 5.10 Å². The normalized spacial score (nSPS) is 11.1. The maximum Gasteiger partial charge on any atom is 0.335 e. The Kier molecular flexibility index (Phi) is 7.15. The highest BCUT2D eigenvalue weighted by Crippen LogP contribution is 2.23. The van der Waals surface area contributed by atoms with Crippen LogP contribution in [0.25, 0.3) is 22.3 Å². The molecule has 0 saturated heterocycles. The van der Waals surface area contributed by atoms with Crippen LogP contribution in [-0.4, -0.2) is 55.3 Å². The van der Waals surface area contributed by atoms with Crippen LogP contribution in [0.3, 0.4) is 0 Å². The lowest BCUT2D eigenvalue weighted by molar-refractivity contribution is -0.127. The maximum absolute atomic E-state index is 12.5. The van der Waals surface area contributed by atoms with Crippen molar-refractivity contribution in [1.29, 1.82) is 0 Å². The van der Waals surface area contributed by atoms with E-state index in [-0.39, 0.29) is 30.0 Å². The molecule has 0 spiro atoms. The van der Waals surface area contributed by atoms with Crippen molar-refractivity contribution in [2.75, 3.05) is 19.8 Å². The third-order valence-corrected chi connectivity index (χ3v) is 6.63. The fourth-order valence-electron chi connectivity index (χ4n) is 4.51. The van der Waals surface area contributed by atoms with Gasteiger partial charge in [0, 0.05) is 25.7 Å². The topological polar surface area (TPSA) is 136 Å². The van der Waals surface area contributed by atoms with Crippen molar-refractivity contribution in [1.82, 2.24) is 24.2 Å². The van der Waals surface area contributed by atoms with Crippen molar-refractivity contribution in [3.05, 3.63) is 111 Å². The van der Waals surface area contributed by atoms with Crippen molar-refractivity contribution in [2.45, 2.75) is 19.5 Å². The van der Waals surface area contributed by atoms with Crippen molar-refractivity contribution in [3.8, 4) is 11.3 Å². The lowest BCUT2D eigenvalue weighted by atomic mass is 10.1. The summed E-state index contributed by atoms with van der Waals surface area (Å²) in [6, 6.07) is 23.1. The van der Waals surface area contributed by atoms with Gasteiger partial charge in [-0.25, -0.2) is 14.5 Å². The van der Waals surface area contributed by atoms with Gasteiger partial charge in [0.25, 0.3) is 5.56 Å². The van der Waals surface area contributed by atoms with Gasteiger partial charge in [-0.3, -0.25) is 9.59 Å². The van der Waals surface area contributed by atoms with E-state index in [0.29, 0.717) is 23.8 Å². The lowest BCUT2D eigenvalue weighted by Crippen LogP contribution is -2.23. The number of fused-ring (bicyclic) bond motifs is 1. The molecule has 3 N–H and O–H groups in total. The predicted molar refractivity (Wildman–Crippen MR) is 152 cm³/mol. The number of carboxylic acid groups (broad SMARTS) is 1. The van der Waals surface area contributed by atoms with Gasteiger partial charge >= 0.3 is 5.97 Å². The molecule has 0 bridgehead atoms. The Morgan fingerprint density at radius 3 is 2.40 bits per heavy atom. The van der Waals surface area contributed by atoms with Gasteiger partial charge in [0.15, 0.2) is 0 Å². The van der Waals surface area contributed by atoms with E-state index in [9.17, 15) is 19.5 Å². The van der Waals surface area contributed by atoms with Crippen LogP contribution in [0.4, 0.5) is 5.95 Å². The molecule has 0 fully saturated rings. The number of carbonyl (C=O) groups is 2. The summed E-state index contributed by atoms with van der Waals surface area (Å²) in [5, 5.41) is 13.8. The standard InChI is InChI=1S/C30H28N6O4/c1-34(2)28(38)16-19-9-11-26-25(15-19)32-30(31)35(26)17-20-5-3-7-22(13-20)24-10-12-27(37)36(33-24)18-21-6-4-8-23(14-21)29(39)40/h3-15H,16-18H2,1-2H3,(H2,31,32)(H,39,40). The molecule has 10 heteroatoms. The second-order valence-electron chi connectivity index (χ2n) is 9.76. The number of hydrogen-bond donors (Lipinski definition) is 2. The highest BCUT2D eigenvalue weighted by Gasteiger charge is 2.13. The van der Waals surface area contributed by atoms with Crippen LogP contribution in [0, 0.1) is 0 Å². The van der Waals surface area contributed by atoms with Crippen LogP contribution < -0.4 is 11.3 Å². The summed E-state index contributed by atoms with van der Waals surface area (Å²) in [5.74, 6) is -0.650. The molecular formula is C30H28N6O4. The number of rotatable bonds is 8. The summed E-state index contributed by atoms with van der Waals surface area (Å²) < 4.78 is 3.23. The van der Waals surface area contributed by atoms with E-state index in [4.69, 9.17) is 5.73 Å². The molecule has 10 nitrogen and oxygen atoms in total. The summed E-state index contributed by atoms with van der Waals surface area (Å²) >= 11 is 0. The molecule has 5 aromatic rings. The molecule has 1 amide bonds. The number of aromatic nitrogens is 4. The van der Waals surface area contributed by atoms with E-state index in [2.05, 4.69) is 10.1 Å². The Bertz CT molecular complexity index is 1800. The molecular weight excluding hydrogens is 508 g/mol. The average Bonchev–Trinajstić information content (AvgIpc) is 3.24. The number of benzene rings is 3. The molecule has 0 aliphatic rings. The molecule has 40 heavy (non-hydrogen) atoms. The molecule has 0 saturated carbocycles. The molecule has 0 aliphatic carbocycles. The van der Waals surface area contributed by atoms with Crippen LogP contribution >= 0.6 is 0 Å².